The molecule has 1 aromatic rings. The smallest absolute Gasteiger partial charge is 0.335 e. The first-order valence-electron chi connectivity index (χ1n) is 8.66. The number of carboxylic acid groups (broad SMARTS) is 1. The topological polar surface area (TPSA) is 70.1 Å². The third-order valence-electron chi connectivity index (χ3n) is 5.05. The number of morpholine rings is 1. The van der Waals surface area contributed by atoms with E-state index in [-0.39, 0.29) is 17.5 Å². The van der Waals surface area contributed by atoms with Gasteiger partial charge in [-0.2, -0.15) is 0 Å². The molecule has 0 radical (unpaired) electrons. The van der Waals surface area contributed by atoms with Crippen molar-refractivity contribution >= 4 is 18.0 Å². The molecule has 2 atom stereocenters. The van der Waals surface area contributed by atoms with Crippen molar-refractivity contribution in [1.29, 1.82) is 0 Å². The molecule has 0 saturated carbocycles. The van der Waals surface area contributed by atoms with Crippen molar-refractivity contribution in [3.8, 4) is 0 Å². The van der Waals surface area contributed by atoms with Crippen LogP contribution in [0.2, 0.25) is 0 Å². The molecule has 134 valence electrons. The molecule has 0 aliphatic carbocycles. The van der Waals surface area contributed by atoms with E-state index in [1.54, 1.807) is 24.3 Å². The van der Waals surface area contributed by atoms with Gasteiger partial charge in [-0.25, -0.2) is 4.79 Å². The fraction of sp³-hybridized carbons (Fsp3) is 0.474. The van der Waals surface area contributed by atoms with Crippen LogP contribution in [0.15, 0.2) is 30.3 Å². The first-order valence-corrected chi connectivity index (χ1v) is 8.66. The number of carboxylic acids is 1. The number of aromatic carboxylic acids is 1. The van der Waals surface area contributed by atoms with E-state index in [2.05, 4.69) is 11.9 Å². The minimum Gasteiger partial charge on any atom is -0.478 e. The number of amides is 1. The number of ether oxygens (including phenoxy) is 1. The van der Waals surface area contributed by atoms with E-state index in [1.807, 2.05) is 4.90 Å². The van der Waals surface area contributed by atoms with Crippen molar-refractivity contribution in [2.24, 2.45) is 0 Å². The Hall–Kier alpha value is -2.18. The summed E-state index contributed by atoms with van der Waals surface area (Å²) in [4.78, 5) is 27.8. The lowest BCUT2D eigenvalue weighted by Gasteiger charge is -2.40. The van der Waals surface area contributed by atoms with Crippen LogP contribution in [0.5, 0.6) is 0 Å². The third-order valence-corrected chi connectivity index (χ3v) is 5.05. The third kappa shape index (κ3) is 4.08. The van der Waals surface area contributed by atoms with E-state index >= 15 is 0 Å². The quantitative estimate of drug-likeness (QED) is 0.842. The molecule has 1 N–H and O–H groups in total. The van der Waals surface area contributed by atoms with Gasteiger partial charge in [-0.15, -0.1) is 0 Å². The number of rotatable bonds is 4. The second-order valence-corrected chi connectivity index (χ2v) is 6.62. The first kappa shape index (κ1) is 17.6. The zero-order chi connectivity index (χ0) is 17.8. The van der Waals surface area contributed by atoms with Crippen molar-refractivity contribution in [2.75, 3.05) is 33.4 Å². The minimum absolute atomic E-state index is 0.0177. The summed E-state index contributed by atoms with van der Waals surface area (Å²) in [5.41, 5.74) is 1.04. The standard InChI is InChI=1S/C19H24N2O4/c1-20-10-2-3-16(20)17-13-25-12-11-21(17)18(22)9-6-14-4-7-15(8-5-14)19(23)24/h4-9,16-17H,2-3,10-13H2,1H3,(H,23,24). The molecule has 0 aromatic heterocycles. The van der Waals surface area contributed by atoms with Crippen LogP contribution in [0, 0.1) is 0 Å². The maximum Gasteiger partial charge on any atom is 0.335 e. The van der Waals surface area contributed by atoms with Crippen molar-refractivity contribution in [1.82, 2.24) is 9.80 Å². The van der Waals surface area contributed by atoms with Crippen LogP contribution in [-0.2, 0) is 9.53 Å². The molecular weight excluding hydrogens is 320 g/mol. The number of carbonyl (C=O) groups excluding carboxylic acids is 1. The molecule has 2 aliphatic rings. The molecule has 2 heterocycles. The molecular formula is C19H24N2O4. The molecule has 25 heavy (non-hydrogen) atoms. The summed E-state index contributed by atoms with van der Waals surface area (Å²) >= 11 is 0. The summed E-state index contributed by atoms with van der Waals surface area (Å²) in [6.45, 7) is 2.83. The first-order chi connectivity index (χ1) is 12.1. The van der Waals surface area contributed by atoms with E-state index in [1.165, 1.54) is 12.1 Å². The van der Waals surface area contributed by atoms with Crippen LogP contribution in [0.4, 0.5) is 0 Å². The van der Waals surface area contributed by atoms with E-state index < -0.39 is 5.97 Å². The molecule has 6 heteroatoms. The van der Waals surface area contributed by atoms with Crippen molar-refractivity contribution in [3.63, 3.8) is 0 Å². The largest absolute Gasteiger partial charge is 0.478 e. The number of likely N-dealkylation sites (tertiary alicyclic amines) is 1. The average molecular weight is 344 g/mol. The lowest BCUT2D eigenvalue weighted by molar-refractivity contribution is -0.136. The number of hydrogen-bond donors (Lipinski definition) is 1. The van der Waals surface area contributed by atoms with Gasteiger partial charge in [-0.3, -0.25) is 4.79 Å². The van der Waals surface area contributed by atoms with Gasteiger partial charge >= 0.3 is 5.97 Å². The zero-order valence-electron chi connectivity index (χ0n) is 14.4. The summed E-state index contributed by atoms with van der Waals surface area (Å²) in [6, 6.07) is 6.93. The zero-order valence-corrected chi connectivity index (χ0v) is 14.4. The van der Waals surface area contributed by atoms with Gasteiger partial charge in [0.25, 0.3) is 0 Å². The molecule has 2 unspecified atom stereocenters. The molecule has 2 fully saturated rings. The molecule has 2 saturated heterocycles. The lowest BCUT2D eigenvalue weighted by atomic mass is 10.0. The molecule has 3 rings (SSSR count). The van der Waals surface area contributed by atoms with Crippen LogP contribution in [0.1, 0.15) is 28.8 Å². The minimum atomic E-state index is -0.955. The predicted octanol–water partition coefficient (Wildman–Crippen LogP) is 1.72. The van der Waals surface area contributed by atoms with E-state index in [4.69, 9.17) is 9.84 Å². The maximum atomic E-state index is 12.7. The Labute approximate surface area is 147 Å². The molecule has 0 spiro atoms. The Balaban J connectivity index is 1.68. The van der Waals surface area contributed by atoms with E-state index in [0.717, 1.165) is 24.9 Å². The Bertz CT molecular complexity index is 656. The number of benzene rings is 1. The Morgan fingerprint density at radius 1 is 1.20 bits per heavy atom. The van der Waals surface area contributed by atoms with Crippen molar-refractivity contribution in [3.05, 3.63) is 41.5 Å². The average Bonchev–Trinajstić information content (AvgIpc) is 3.06. The number of likely N-dealkylation sites (N-methyl/N-ethyl adjacent to an activating group) is 1. The highest BCUT2D eigenvalue weighted by atomic mass is 16.5. The monoisotopic (exact) mass is 344 g/mol. The summed E-state index contributed by atoms with van der Waals surface area (Å²) in [7, 11) is 2.11. The van der Waals surface area contributed by atoms with E-state index in [0.29, 0.717) is 25.8 Å². The summed E-state index contributed by atoms with van der Waals surface area (Å²) < 4.78 is 5.62. The second kappa shape index (κ2) is 7.80. The molecule has 6 nitrogen and oxygen atoms in total. The summed E-state index contributed by atoms with van der Waals surface area (Å²) in [5, 5.41) is 8.92. The van der Waals surface area contributed by atoms with Gasteiger partial charge in [0.1, 0.15) is 0 Å². The van der Waals surface area contributed by atoms with Gasteiger partial charge in [0, 0.05) is 18.7 Å². The molecule has 2 aliphatic heterocycles. The highest BCUT2D eigenvalue weighted by Crippen LogP contribution is 2.24. The van der Waals surface area contributed by atoms with Crippen molar-refractivity contribution < 1.29 is 19.4 Å². The molecule has 0 bridgehead atoms. The highest BCUT2D eigenvalue weighted by molar-refractivity contribution is 5.92. The molecule has 1 amide bonds. The fourth-order valence-corrected chi connectivity index (χ4v) is 3.64. The number of nitrogens with zero attached hydrogens (tertiary/aromatic N) is 2. The van der Waals surface area contributed by atoms with Crippen LogP contribution in [0.25, 0.3) is 6.08 Å². The van der Waals surface area contributed by atoms with Crippen LogP contribution in [-0.4, -0.2) is 72.2 Å². The number of carbonyl (C=O) groups is 2. The summed E-state index contributed by atoms with van der Waals surface area (Å²) in [6.07, 6.45) is 5.56. The van der Waals surface area contributed by atoms with Crippen LogP contribution >= 0.6 is 0 Å². The normalized spacial score (nSPS) is 24.8. The maximum absolute atomic E-state index is 12.7. The van der Waals surface area contributed by atoms with Gasteiger partial charge in [0.05, 0.1) is 24.8 Å². The van der Waals surface area contributed by atoms with Crippen LogP contribution < -0.4 is 0 Å². The fourth-order valence-electron chi connectivity index (χ4n) is 3.64. The van der Waals surface area contributed by atoms with Gasteiger partial charge < -0.3 is 19.6 Å². The SMILES string of the molecule is CN1CCCC1C1COCCN1C(=O)C=Cc1ccc(C(=O)O)cc1. The van der Waals surface area contributed by atoms with Gasteiger partial charge in [-0.05, 0) is 50.2 Å². The summed E-state index contributed by atoms with van der Waals surface area (Å²) in [5.74, 6) is -0.973. The second-order valence-electron chi connectivity index (χ2n) is 6.62. The molecule has 1 aromatic carbocycles. The Morgan fingerprint density at radius 2 is 1.96 bits per heavy atom. The predicted molar refractivity (Wildman–Crippen MR) is 94.4 cm³/mol. The number of hydrogen-bond acceptors (Lipinski definition) is 4. The van der Waals surface area contributed by atoms with Gasteiger partial charge in [-0.1, -0.05) is 12.1 Å². The van der Waals surface area contributed by atoms with Crippen LogP contribution in [0.3, 0.4) is 0 Å². The Morgan fingerprint density at radius 3 is 2.60 bits per heavy atom. The van der Waals surface area contributed by atoms with Gasteiger partial charge in [0.2, 0.25) is 5.91 Å². The Kier molecular flexibility index (Phi) is 5.50. The van der Waals surface area contributed by atoms with E-state index in [9.17, 15) is 9.59 Å². The highest BCUT2D eigenvalue weighted by Gasteiger charge is 2.36. The van der Waals surface area contributed by atoms with Gasteiger partial charge in [0.15, 0.2) is 0 Å². The lowest BCUT2D eigenvalue weighted by Crippen LogP contribution is -2.56. The van der Waals surface area contributed by atoms with Crippen molar-refractivity contribution in [2.45, 2.75) is 24.9 Å².